The van der Waals surface area contributed by atoms with E-state index >= 15 is 0 Å². The maximum Gasteiger partial charge on any atom is 0.226 e. The van der Waals surface area contributed by atoms with E-state index in [1.807, 2.05) is 36.4 Å². The molecule has 0 spiro atoms. The maximum atomic E-state index is 12.4. The Kier molecular flexibility index (Phi) is 6.14. The van der Waals surface area contributed by atoms with Gasteiger partial charge in [-0.2, -0.15) is 0 Å². The Labute approximate surface area is 179 Å². The number of anilines is 2. The number of aromatic nitrogens is 1. The minimum Gasteiger partial charge on any atom is -0.441 e. The Hall–Kier alpha value is -3.12. The molecular weight excluding hydrogens is 402 g/mol. The number of aryl methyl sites for hydroxylation is 1. The molecule has 0 aliphatic carbocycles. The van der Waals surface area contributed by atoms with Crippen LogP contribution in [-0.2, 0) is 16.0 Å². The Balaban J connectivity index is 1.34. The van der Waals surface area contributed by atoms with E-state index in [-0.39, 0.29) is 18.2 Å². The van der Waals surface area contributed by atoms with E-state index in [1.54, 1.807) is 23.2 Å². The Morgan fingerprint density at radius 1 is 1.17 bits per heavy atom. The largest absolute Gasteiger partial charge is 0.441 e. The number of halogens is 1. The molecule has 1 aromatic heterocycles. The third-order valence-electron chi connectivity index (χ3n) is 5.01. The first-order chi connectivity index (χ1) is 14.6. The second-order valence-corrected chi connectivity index (χ2v) is 7.66. The Bertz CT molecular complexity index is 1050. The summed E-state index contributed by atoms with van der Waals surface area (Å²) < 4.78 is 5.74. The lowest BCUT2D eigenvalue weighted by atomic mass is 10.1. The summed E-state index contributed by atoms with van der Waals surface area (Å²) in [5.74, 6) is 1.14. The summed E-state index contributed by atoms with van der Waals surface area (Å²) in [6, 6.07) is 14.7. The number of oxazole rings is 1. The average molecular weight is 424 g/mol. The molecule has 0 radical (unpaired) electrons. The smallest absolute Gasteiger partial charge is 0.226 e. The zero-order chi connectivity index (χ0) is 20.9. The lowest BCUT2D eigenvalue weighted by Crippen LogP contribution is -2.35. The number of nitrogens with zero attached hydrogens (tertiary/aromatic N) is 2. The predicted octanol–water partition coefficient (Wildman–Crippen LogP) is 5.08. The van der Waals surface area contributed by atoms with Crippen LogP contribution in [0.1, 0.15) is 31.6 Å². The molecule has 1 aliphatic heterocycles. The Morgan fingerprint density at radius 2 is 2.00 bits per heavy atom. The van der Waals surface area contributed by atoms with Gasteiger partial charge in [-0.1, -0.05) is 17.7 Å². The van der Waals surface area contributed by atoms with Gasteiger partial charge in [0.1, 0.15) is 0 Å². The van der Waals surface area contributed by atoms with Crippen LogP contribution < -0.4 is 10.2 Å². The van der Waals surface area contributed by atoms with Gasteiger partial charge in [0.05, 0.1) is 6.20 Å². The zero-order valence-corrected chi connectivity index (χ0v) is 17.2. The zero-order valence-electron chi connectivity index (χ0n) is 16.4. The summed E-state index contributed by atoms with van der Waals surface area (Å²) in [6.45, 7) is 0.719. The SMILES string of the molecule is O=C(CCc1ncc(-c2ccc(Cl)cc2)o1)Nc1cccc(N2CCCCC2=O)c1. The van der Waals surface area contributed by atoms with Gasteiger partial charge >= 0.3 is 0 Å². The third-order valence-corrected chi connectivity index (χ3v) is 5.27. The number of benzene rings is 2. The monoisotopic (exact) mass is 423 g/mol. The van der Waals surface area contributed by atoms with Gasteiger partial charge in [0, 0.05) is 47.8 Å². The number of carbonyl (C=O) groups excluding carboxylic acids is 2. The molecule has 3 aromatic rings. The molecule has 4 rings (SSSR count). The number of piperidine rings is 1. The second kappa shape index (κ2) is 9.13. The fourth-order valence-corrected chi connectivity index (χ4v) is 3.57. The molecule has 0 bridgehead atoms. The summed E-state index contributed by atoms with van der Waals surface area (Å²) in [6.07, 6.45) is 4.79. The first-order valence-corrected chi connectivity index (χ1v) is 10.4. The number of amides is 2. The van der Waals surface area contributed by atoms with Crippen molar-refractivity contribution in [3.8, 4) is 11.3 Å². The summed E-state index contributed by atoms with van der Waals surface area (Å²) >= 11 is 5.91. The van der Waals surface area contributed by atoms with Gasteiger partial charge in [-0.3, -0.25) is 9.59 Å². The van der Waals surface area contributed by atoms with Crippen molar-refractivity contribution in [2.75, 3.05) is 16.8 Å². The van der Waals surface area contributed by atoms with Crippen LogP contribution in [0.4, 0.5) is 11.4 Å². The number of nitrogens with one attached hydrogen (secondary N) is 1. The van der Waals surface area contributed by atoms with E-state index in [9.17, 15) is 9.59 Å². The van der Waals surface area contributed by atoms with Gasteiger partial charge in [0.15, 0.2) is 11.7 Å². The van der Waals surface area contributed by atoms with Gasteiger partial charge in [-0.05, 0) is 55.3 Å². The number of hydrogen-bond donors (Lipinski definition) is 1. The van der Waals surface area contributed by atoms with Gasteiger partial charge < -0.3 is 14.6 Å². The van der Waals surface area contributed by atoms with Gasteiger partial charge in [0.2, 0.25) is 11.8 Å². The molecule has 1 N–H and O–H groups in total. The molecule has 0 atom stereocenters. The molecule has 6 nitrogen and oxygen atoms in total. The van der Waals surface area contributed by atoms with E-state index < -0.39 is 0 Å². The van der Waals surface area contributed by atoms with Crippen LogP contribution in [0.5, 0.6) is 0 Å². The molecule has 2 aromatic carbocycles. The molecule has 7 heteroatoms. The number of carbonyl (C=O) groups is 2. The molecule has 0 unspecified atom stereocenters. The fourth-order valence-electron chi connectivity index (χ4n) is 3.45. The average Bonchev–Trinajstić information content (AvgIpc) is 3.22. The Morgan fingerprint density at radius 3 is 2.80 bits per heavy atom. The van der Waals surface area contributed by atoms with Crippen molar-refractivity contribution in [1.82, 2.24) is 4.98 Å². The van der Waals surface area contributed by atoms with E-state index in [0.717, 1.165) is 30.6 Å². The lowest BCUT2D eigenvalue weighted by molar-refractivity contribution is -0.119. The molecular formula is C23H22ClN3O3. The molecule has 0 saturated carbocycles. The molecule has 1 saturated heterocycles. The predicted molar refractivity (Wildman–Crippen MR) is 117 cm³/mol. The lowest BCUT2D eigenvalue weighted by Gasteiger charge is -2.27. The molecule has 2 amide bonds. The minimum absolute atomic E-state index is 0.130. The van der Waals surface area contributed by atoms with Crippen molar-refractivity contribution in [1.29, 1.82) is 0 Å². The number of rotatable bonds is 6. The molecule has 1 aliphatic rings. The van der Waals surface area contributed by atoms with E-state index in [4.69, 9.17) is 16.0 Å². The molecule has 30 heavy (non-hydrogen) atoms. The van der Waals surface area contributed by atoms with Crippen molar-refractivity contribution in [3.05, 3.63) is 65.6 Å². The van der Waals surface area contributed by atoms with Crippen LogP contribution in [0.25, 0.3) is 11.3 Å². The third kappa shape index (κ3) is 4.89. The molecule has 154 valence electrons. The van der Waals surface area contributed by atoms with Gasteiger partial charge in [-0.25, -0.2) is 4.98 Å². The molecule has 2 heterocycles. The van der Waals surface area contributed by atoms with Crippen LogP contribution in [-0.4, -0.2) is 23.3 Å². The maximum absolute atomic E-state index is 12.4. The standard InChI is InChI=1S/C23H22ClN3O3/c24-17-9-7-16(8-10-17)20-15-25-22(30-20)12-11-21(28)26-18-4-3-5-19(14-18)27-13-2-1-6-23(27)29/h3-5,7-10,14-15H,1-2,6,11-13H2,(H,26,28). The normalized spacial score (nSPS) is 14.0. The van der Waals surface area contributed by atoms with E-state index in [2.05, 4.69) is 10.3 Å². The second-order valence-electron chi connectivity index (χ2n) is 7.23. The highest BCUT2D eigenvalue weighted by Crippen LogP contribution is 2.25. The van der Waals surface area contributed by atoms with E-state index in [1.165, 1.54) is 0 Å². The van der Waals surface area contributed by atoms with Crippen LogP contribution in [0.15, 0.2) is 59.1 Å². The van der Waals surface area contributed by atoms with Gasteiger partial charge in [-0.15, -0.1) is 0 Å². The van der Waals surface area contributed by atoms with Crippen LogP contribution in [0.3, 0.4) is 0 Å². The van der Waals surface area contributed by atoms with E-state index in [0.29, 0.717) is 35.2 Å². The summed E-state index contributed by atoms with van der Waals surface area (Å²) in [4.78, 5) is 30.5. The molecule has 1 fully saturated rings. The van der Waals surface area contributed by atoms with Crippen molar-refractivity contribution in [3.63, 3.8) is 0 Å². The highest BCUT2D eigenvalue weighted by Gasteiger charge is 2.19. The van der Waals surface area contributed by atoms with Crippen molar-refractivity contribution in [2.45, 2.75) is 32.1 Å². The first kappa shape index (κ1) is 20.2. The van der Waals surface area contributed by atoms with Crippen LogP contribution >= 0.6 is 11.6 Å². The fraction of sp³-hybridized carbons (Fsp3) is 0.261. The van der Waals surface area contributed by atoms with Crippen molar-refractivity contribution in [2.24, 2.45) is 0 Å². The summed E-state index contributed by atoms with van der Waals surface area (Å²) in [5, 5.41) is 3.55. The highest BCUT2D eigenvalue weighted by atomic mass is 35.5. The summed E-state index contributed by atoms with van der Waals surface area (Å²) in [7, 11) is 0. The first-order valence-electron chi connectivity index (χ1n) is 9.99. The van der Waals surface area contributed by atoms with Crippen molar-refractivity contribution >= 4 is 34.8 Å². The van der Waals surface area contributed by atoms with Crippen LogP contribution in [0.2, 0.25) is 5.02 Å². The summed E-state index contributed by atoms with van der Waals surface area (Å²) in [5.41, 5.74) is 2.37. The highest BCUT2D eigenvalue weighted by molar-refractivity contribution is 6.30. The minimum atomic E-state index is -0.136. The topological polar surface area (TPSA) is 75.4 Å². The quantitative estimate of drug-likeness (QED) is 0.599. The van der Waals surface area contributed by atoms with Crippen molar-refractivity contribution < 1.29 is 14.0 Å². The van der Waals surface area contributed by atoms with Crippen LogP contribution in [0, 0.1) is 0 Å². The number of hydrogen-bond acceptors (Lipinski definition) is 4. The van der Waals surface area contributed by atoms with Gasteiger partial charge in [0.25, 0.3) is 0 Å².